The lowest BCUT2D eigenvalue weighted by molar-refractivity contribution is 0.117. The fourth-order valence-corrected chi connectivity index (χ4v) is 2.27. The van der Waals surface area contributed by atoms with Crippen molar-refractivity contribution in [3.63, 3.8) is 0 Å². The summed E-state index contributed by atoms with van der Waals surface area (Å²) in [6, 6.07) is 0.346. The van der Waals surface area contributed by atoms with Crippen LogP contribution in [0.15, 0.2) is 0 Å². The number of tetrazole rings is 1. The molecule has 1 fully saturated rings. The van der Waals surface area contributed by atoms with Gasteiger partial charge in [0.05, 0.1) is 13.1 Å². The third kappa shape index (κ3) is 2.02. The van der Waals surface area contributed by atoms with Gasteiger partial charge in [0.2, 0.25) is 0 Å². The van der Waals surface area contributed by atoms with Gasteiger partial charge in [0.25, 0.3) is 0 Å². The van der Waals surface area contributed by atoms with Crippen molar-refractivity contribution in [3.8, 4) is 0 Å². The Labute approximate surface area is 90.5 Å². The molecule has 0 aliphatic carbocycles. The molecule has 5 heteroatoms. The molecule has 0 N–H and O–H groups in total. The van der Waals surface area contributed by atoms with Crippen LogP contribution in [0.1, 0.15) is 45.5 Å². The lowest BCUT2D eigenvalue weighted by atomic mass is 10.0. The highest BCUT2D eigenvalue weighted by Crippen LogP contribution is 2.35. The van der Waals surface area contributed by atoms with Crippen LogP contribution in [0.4, 0.5) is 0 Å². The summed E-state index contributed by atoms with van der Waals surface area (Å²) in [7, 11) is 1.81. The van der Waals surface area contributed by atoms with Gasteiger partial charge >= 0.3 is 0 Å². The Morgan fingerprint density at radius 2 is 2.07 bits per heavy atom. The van der Waals surface area contributed by atoms with Crippen molar-refractivity contribution >= 4 is 0 Å². The van der Waals surface area contributed by atoms with Crippen LogP contribution in [0.5, 0.6) is 0 Å². The van der Waals surface area contributed by atoms with E-state index in [4.69, 9.17) is 0 Å². The normalized spacial score (nSPS) is 23.6. The van der Waals surface area contributed by atoms with Gasteiger partial charge in [-0.15, -0.1) is 10.2 Å². The first kappa shape index (κ1) is 10.5. The first-order valence-electron chi connectivity index (χ1n) is 5.49. The van der Waals surface area contributed by atoms with Gasteiger partial charge < -0.3 is 0 Å². The van der Waals surface area contributed by atoms with Crippen LogP contribution in [0, 0.1) is 0 Å². The van der Waals surface area contributed by atoms with E-state index in [9.17, 15) is 0 Å². The van der Waals surface area contributed by atoms with Gasteiger partial charge in [0, 0.05) is 5.54 Å². The van der Waals surface area contributed by atoms with Crippen molar-refractivity contribution < 1.29 is 0 Å². The number of likely N-dealkylation sites (tertiary alicyclic amines) is 1. The van der Waals surface area contributed by atoms with E-state index in [1.807, 2.05) is 7.05 Å². The fourth-order valence-electron chi connectivity index (χ4n) is 2.27. The molecule has 1 aromatic heterocycles. The summed E-state index contributed by atoms with van der Waals surface area (Å²) in [5.41, 5.74) is 0.181. The molecule has 1 aliphatic rings. The summed E-state index contributed by atoms with van der Waals surface area (Å²) in [5.74, 6) is 0.866. The number of rotatable bonds is 1. The van der Waals surface area contributed by atoms with E-state index >= 15 is 0 Å². The first-order valence-corrected chi connectivity index (χ1v) is 5.49. The summed E-state index contributed by atoms with van der Waals surface area (Å²) in [6.45, 7) is 7.84. The van der Waals surface area contributed by atoms with Crippen molar-refractivity contribution in [2.75, 3.05) is 6.54 Å². The molecule has 0 aromatic carbocycles. The monoisotopic (exact) mass is 209 g/mol. The topological polar surface area (TPSA) is 46.8 Å². The molecule has 1 aromatic rings. The minimum absolute atomic E-state index is 0.181. The Balaban J connectivity index is 2.22. The van der Waals surface area contributed by atoms with Crippen LogP contribution in [-0.2, 0) is 7.05 Å². The second-order valence-electron chi connectivity index (χ2n) is 5.16. The minimum Gasteiger partial charge on any atom is -0.288 e. The van der Waals surface area contributed by atoms with Crippen LogP contribution in [0.3, 0.4) is 0 Å². The van der Waals surface area contributed by atoms with Crippen molar-refractivity contribution in [3.05, 3.63) is 5.82 Å². The molecule has 0 bridgehead atoms. The lowest BCUT2D eigenvalue weighted by Gasteiger charge is -2.35. The molecule has 1 atom stereocenters. The second-order valence-corrected chi connectivity index (χ2v) is 5.16. The average molecular weight is 209 g/mol. The summed E-state index contributed by atoms with van der Waals surface area (Å²) in [6.07, 6.45) is 2.36. The third-order valence-electron chi connectivity index (χ3n) is 2.94. The molecular formula is C10H19N5. The van der Waals surface area contributed by atoms with Gasteiger partial charge in [0.15, 0.2) is 5.82 Å². The zero-order chi connectivity index (χ0) is 11.1. The van der Waals surface area contributed by atoms with Gasteiger partial charge in [-0.2, -0.15) is 4.80 Å². The highest BCUT2D eigenvalue weighted by atomic mass is 15.6. The van der Waals surface area contributed by atoms with E-state index in [0.29, 0.717) is 6.04 Å². The predicted octanol–water partition coefficient (Wildman–Crippen LogP) is 1.15. The van der Waals surface area contributed by atoms with Crippen LogP contribution in [0.25, 0.3) is 0 Å². The van der Waals surface area contributed by atoms with Crippen molar-refractivity contribution in [1.29, 1.82) is 0 Å². The van der Waals surface area contributed by atoms with Crippen molar-refractivity contribution in [1.82, 2.24) is 25.1 Å². The number of nitrogens with zero attached hydrogens (tertiary/aromatic N) is 5. The van der Waals surface area contributed by atoms with Gasteiger partial charge in [-0.1, -0.05) is 0 Å². The standard InChI is InChI=1S/C10H19N5/c1-10(2,3)15-7-5-6-8(15)9-11-13-14(4)12-9/h8H,5-7H2,1-4H3. The Bertz CT molecular complexity index is 338. The molecular weight excluding hydrogens is 190 g/mol. The van der Waals surface area contributed by atoms with Gasteiger partial charge in [-0.05, 0) is 45.4 Å². The van der Waals surface area contributed by atoms with Crippen LogP contribution >= 0.6 is 0 Å². The maximum absolute atomic E-state index is 4.31. The van der Waals surface area contributed by atoms with E-state index in [2.05, 4.69) is 41.1 Å². The summed E-state index contributed by atoms with van der Waals surface area (Å²) < 4.78 is 0. The van der Waals surface area contributed by atoms with Gasteiger partial charge in [-0.3, -0.25) is 4.90 Å². The smallest absolute Gasteiger partial charge is 0.191 e. The molecule has 1 saturated heterocycles. The van der Waals surface area contributed by atoms with Crippen LogP contribution < -0.4 is 0 Å². The van der Waals surface area contributed by atoms with Crippen molar-refractivity contribution in [2.45, 2.75) is 45.2 Å². The van der Waals surface area contributed by atoms with E-state index in [1.165, 1.54) is 11.2 Å². The maximum atomic E-state index is 4.31. The summed E-state index contributed by atoms with van der Waals surface area (Å²) in [4.78, 5) is 4.00. The first-order chi connectivity index (χ1) is 6.98. The molecule has 0 radical (unpaired) electrons. The highest BCUT2D eigenvalue weighted by molar-refractivity contribution is 4.98. The maximum Gasteiger partial charge on any atom is 0.191 e. The Hall–Kier alpha value is -0.970. The summed E-state index contributed by atoms with van der Waals surface area (Å²) >= 11 is 0. The second kappa shape index (κ2) is 3.56. The molecule has 15 heavy (non-hydrogen) atoms. The molecule has 0 spiro atoms. The SMILES string of the molecule is Cn1nnc(C2CCCN2C(C)(C)C)n1. The molecule has 1 aliphatic heterocycles. The van der Waals surface area contributed by atoms with Gasteiger partial charge in [-0.25, -0.2) is 0 Å². The Morgan fingerprint density at radius 3 is 2.60 bits per heavy atom. The third-order valence-corrected chi connectivity index (χ3v) is 2.94. The average Bonchev–Trinajstić information content (AvgIpc) is 2.68. The predicted molar refractivity (Wildman–Crippen MR) is 57.2 cm³/mol. The molecule has 0 amide bonds. The number of hydrogen-bond acceptors (Lipinski definition) is 4. The van der Waals surface area contributed by atoms with Gasteiger partial charge in [0.1, 0.15) is 0 Å². The summed E-state index contributed by atoms with van der Waals surface area (Å²) in [5, 5.41) is 12.3. The van der Waals surface area contributed by atoms with Crippen LogP contribution in [-0.4, -0.2) is 37.2 Å². The zero-order valence-corrected chi connectivity index (χ0v) is 9.93. The van der Waals surface area contributed by atoms with E-state index in [1.54, 1.807) is 0 Å². The van der Waals surface area contributed by atoms with E-state index in [0.717, 1.165) is 18.8 Å². The molecule has 1 unspecified atom stereocenters. The quantitative estimate of drug-likeness (QED) is 0.696. The van der Waals surface area contributed by atoms with E-state index in [-0.39, 0.29) is 5.54 Å². The molecule has 0 saturated carbocycles. The number of hydrogen-bond donors (Lipinski definition) is 0. The number of aromatic nitrogens is 4. The molecule has 2 rings (SSSR count). The molecule has 84 valence electrons. The van der Waals surface area contributed by atoms with Crippen LogP contribution in [0.2, 0.25) is 0 Å². The largest absolute Gasteiger partial charge is 0.288 e. The van der Waals surface area contributed by atoms with E-state index < -0.39 is 0 Å². The lowest BCUT2D eigenvalue weighted by Crippen LogP contribution is -2.41. The zero-order valence-electron chi connectivity index (χ0n) is 9.93. The Morgan fingerprint density at radius 1 is 1.33 bits per heavy atom. The molecule has 5 nitrogen and oxygen atoms in total. The minimum atomic E-state index is 0.181. The van der Waals surface area contributed by atoms with Crippen molar-refractivity contribution in [2.24, 2.45) is 7.05 Å². The fraction of sp³-hybridized carbons (Fsp3) is 0.900. The highest BCUT2D eigenvalue weighted by Gasteiger charge is 2.36. The number of aryl methyl sites for hydroxylation is 1. The molecule has 2 heterocycles. The Kier molecular flexibility index (Phi) is 2.50.